The lowest BCUT2D eigenvalue weighted by Crippen LogP contribution is -2.53. The number of rotatable bonds is 12. The summed E-state index contributed by atoms with van der Waals surface area (Å²) in [6.45, 7) is 6.07. The van der Waals surface area contributed by atoms with Crippen molar-refractivity contribution in [1.82, 2.24) is 10.2 Å². The molecule has 0 saturated heterocycles. The molecule has 0 heterocycles. The van der Waals surface area contributed by atoms with Crippen LogP contribution in [0.2, 0.25) is 0 Å². The summed E-state index contributed by atoms with van der Waals surface area (Å²) in [5, 5.41) is 2.95. The lowest BCUT2D eigenvalue weighted by atomic mass is 10.0. The third-order valence-electron chi connectivity index (χ3n) is 6.42. The summed E-state index contributed by atoms with van der Waals surface area (Å²) < 4.78 is 26.7. The van der Waals surface area contributed by atoms with Gasteiger partial charge in [-0.3, -0.25) is 13.9 Å². The van der Waals surface area contributed by atoms with E-state index in [0.29, 0.717) is 18.7 Å². The summed E-state index contributed by atoms with van der Waals surface area (Å²) in [6.07, 6.45) is 2.14. The highest BCUT2D eigenvalue weighted by Crippen LogP contribution is 2.21. The monoisotopic (exact) mass is 535 g/mol. The fraction of sp³-hybridized carbons (Fsp3) is 0.333. The number of benzene rings is 3. The molecule has 1 atom stereocenters. The molecule has 2 amide bonds. The summed E-state index contributed by atoms with van der Waals surface area (Å²) in [5.74, 6) is -0.717. The van der Waals surface area contributed by atoms with Crippen LogP contribution < -0.4 is 9.62 Å². The summed E-state index contributed by atoms with van der Waals surface area (Å²) in [5.41, 5.74) is 4.16. The van der Waals surface area contributed by atoms with Gasteiger partial charge in [-0.15, -0.1) is 0 Å². The van der Waals surface area contributed by atoms with E-state index in [1.165, 1.54) is 4.90 Å². The molecular formula is C30H37N3O4S. The highest BCUT2D eigenvalue weighted by atomic mass is 32.2. The Balaban J connectivity index is 2.04. The van der Waals surface area contributed by atoms with E-state index in [2.05, 4.69) is 5.32 Å². The van der Waals surface area contributed by atoms with Crippen LogP contribution >= 0.6 is 0 Å². The van der Waals surface area contributed by atoms with Gasteiger partial charge >= 0.3 is 0 Å². The maximum absolute atomic E-state index is 14.0. The summed E-state index contributed by atoms with van der Waals surface area (Å²) >= 11 is 0. The second kappa shape index (κ2) is 13.2. The van der Waals surface area contributed by atoms with Gasteiger partial charge in [0.1, 0.15) is 12.6 Å². The van der Waals surface area contributed by atoms with E-state index in [4.69, 9.17) is 0 Å². The van der Waals surface area contributed by atoms with Gasteiger partial charge in [-0.25, -0.2) is 8.42 Å². The molecule has 8 heteroatoms. The van der Waals surface area contributed by atoms with Gasteiger partial charge in [-0.2, -0.15) is 0 Å². The first kappa shape index (κ1) is 28.9. The number of hydrogen-bond acceptors (Lipinski definition) is 4. The quantitative estimate of drug-likeness (QED) is 0.376. The first-order valence-electron chi connectivity index (χ1n) is 12.8. The molecule has 202 valence electrons. The molecule has 0 spiro atoms. The minimum atomic E-state index is -3.77. The van der Waals surface area contributed by atoms with Crippen LogP contribution in [0.15, 0.2) is 78.9 Å². The first-order valence-corrected chi connectivity index (χ1v) is 14.6. The highest BCUT2D eigenvalue weighted by Gasteiger charge is 2.33. The van der Waals surface area contributed by atoms with Gasteiger partial charge < -0.3 is 10.2 Å². The van der Waals surface area contributed by atoms with E-state index in [9.17, 15) is 18.0 Å². The van der Waals surface area contributed by atoms with Crippen LogP contribution in [0, 0.1) is 13.8 Å². The molecule has 0 saturated carbocycles. The fourth-order valence-corrected chi connectivity index (χ4v) is 5.07. The molecular weight excluding hydrogens is 498 g/mol. The molecule has 3 aromatic rings. The number of amides is 2. The molecule has 3 rings (SSSR count). The number of nitrogens with one attached hydrogen (secondary N) is 1. The van der Waals surface area contributed by atoms with Gasteiger partial charge in [0, 0.05) is 19.5 Å². The summed E-state index contributed by atoms with van der Waals surface area (Å²) in [4.78, 5) is 29.0. The van der Waals surface area contributed by atoms with Gasteiger partial charge in [0.25, 0.3) is 0 Å². The number of carbonyl (C=O) groups excluding carboxylic acids is 2. The molecule has 0 aliphatic heterocycles. The second-order valence-corrected chi connectivity index (χ2v) is 11.5. The Morgan fingerprint density at radius 1 is 0.895 bits per heavy atom. The van der Waals surface area contributed by atoms with Crippen molar-refractivity contribution in [3.05, 3.63) is 101 Å². The van der Waals surface area contributed by atoms with Crippen molar-refractivity contribution < 1.29 is 18.0 Å². The Hall–Kier alpha value is -3.65. The van der Waals surface area contributed by atoms with Crippen molar-refractivity contribution in [2.75, 3.05) is 23.7 Å². The smallest absolute Gasteiger partial charge is 0.244 e. The summed E-state index contributed by atoms with van der Waals surface area (Å²) in [7, 11) is -3.77. The van der Waals surface area contributed by atoms with Crippen LogP contribution in [0.5, 0.6) is 0 Å². The Kier molecular flexibility index (Phi) is 10.1. The van der Waals surface area contributed by atoms with Crippen molar-refractivity contribution in [3.8, 4) is 0 Å². The highest BCUT2D eigenvalue weighted by molar-refractivity contribution is 7.92. The molecule has 0 aliphatic carbocycles. The van der Waals surface area contributed by atoms with E-state index in [1.807, 2.05) is 75.4 Å². The number of aryl methyl sites for hydroxylation is 2. The molecule has 0 radical (unpaired) electrons. The zero-order chi connectivity index (χ0) is 27.7. The fourth-order valence-electron chi connectivity index (χ4n) is 4.22. The largest absolute Gasteiger partial charge is 0.354 e. The average molecular weight is 536 g/mol. The van der Waals surface area contributed by atoms with E-state index in [1.54, 1.807) is 24.3 Å². The van der Waals surface area contributed by atoms with Crippen LogP contribution in [0.1, 0.15) is 35.6 Å². The van der Waals surface area contributed by atoms with Crippen LogP contribution in [0.3, 0.4) is 0 Å². The molecule has 7 nitrogen and oxygen atoms in total. The third kappa shape index (κ3) is 7.92. The average Bonchev–Trinajstić information content (AvgIpc) is 2.89. The molecule has 3 aromatic carbocycles. The zero-order valence-electron chi connectivity index (χ0n) is 22.6. The van der Waals surface area contributed by atoms with E-state index in [-0.39, 0.29) is 12.5 Å². The van der Waals surface area contributed by atoms with Crippen molar-refractivity contribution in [1.29, 1.82) is 0 Å². The summed E-state index contributed by atoms with van der Waals surface area (Å²) in [6, 6.07) is 23.4. The van der Waals surface area contributed by atoms with E-state index < -0.39 is 28.5 Å². The van der Waals surface area contributed by atoms with Crippen molar-refractivity contribution in [2.24, 2.45) is 0 Å². The van der Waals surface area contributed by atoms with Crippen molar-refractivity contribution in [3.63, 3.8) is 0 Å². The zero-order valence-corrected chi connectivity index (χ0v) is 23.4. The molecule has 0 fully saturated rings. The maximum atomic E-state index is 14.0. The second-order valence-electron chi connectivity index (χ2n) is 9.55. The Morgan fingerprint density at radius 2 is 1.53 bits per heavy atom. The number of carbonyl (C=O) groups is 2. The molecule has 0 bridgehead atoms. The number of sulfonamides is 1. The van der Waals surface area contributed by atoms with Gasteiger partial charge in [0.15, 0.2) is 0 Å². The lowest BCUT2D eigenvalue weighted by Gasteiger charge is -2.34. The predicted octanol–water partition coefficient (Wildman–Crippen LogP) is 4.24. The first-order chi connectivity index (χ1) is 18.1. The molecule has 0 aliphatic rings. The Bertz CT molecular complexity index is 1330. The van der Waals surface area contributed by atoms with Gasteiger partial charge in [-0.05, 0) is 49.1 Å². The van der Waals surface area contributed by atoms with Gasteiger partial charge in [-0.1, -0.05) is 79.2 Å². The minimum absolute atomic E-state index is 0.175. The van der Waals surface area contributed by atoms with Crippen LogP contribution in [0.25, 0.3) is 0 Å². The predicted molar refractivity (Wildman–Crippen MR) is 152 cm³/mol. The molecule has 0 unspecified atom stereocenters. The molecule has 1 N–H and O–H groups in total. The topological polar surface area (TPSA) is 86.8 Å². The normalized spacial score (nSPS) is 12.0. The Morgan fingerprint density at radius 3 is 2.13 bits per heavy atom. The maximum Gasteiger partial charge on any atom is 0.244 e. The SMILES string of the molecule is CCCNC(=O)[C@@H](Cc1ccccc1)N(Cc1ccccc1C)C(=O)CN(c1ccc(C)cc1)S(C)(=O)=O. The van der Waals surface area contributed by atoms with Gasteiger partial charge in [0.05, 0.1) is 11.9 Å². The number of anilines is 1. The van der Waals surface area contributed by atoms with E-state index in [0.717, 1.165) is 39.2 Å². The third-order valence-corrected chi connectivity index (χ3v) is 7.56. The van der Waals surface area contributed by atoms with E-state index >= 15 is 0 Å². The number of hydrogen-bond donors (Lipinski definition) is 1. The van der Waals surface area contributed by atoms with Crippen LogP contribution in [-0.4, -0.2) is 50.5 Å². The lowest BCUT2D eigenvalue weighted by molar-refractivity contribution is -0.140. The van der Waals surface area contributed by atoms with Gasteiger partial charge in [0.2, 0.25) is 21.8 Å². The molecule has 0 aromatic heterocycles. The minimum Gasteiger partial charge on any atom is -0.354 e. The Labute approximate surface area is 226 Å². The van der Waals surface area contributed by atoms with Crippen molar-refractivity contribution in [2.45, 2.75) is 46.2 Å². The molecule has 38 heavy (non-hydrogen) atoms. The van der Waals surface area contributed by atoms with Crippen LogP contribution in [0.4, 0.5) is 5.69 Å². The van der Waals surface area contributed by atoms with Crippen molar-refractivity contribution >= 4 is 27.5 Å². The number of nitrogens with zero attached hydrogens (tertiary/aromatic N) is 2. The van der Waals surface area contributed by atoms with Crippen LogP contribution in [-0.2, 0) is 32.6 Å². The standard InChI is InChI=1S/C30H37N3O4S/c1-5-19-31-30(35)28(20-25-12-7-6-8-13-25)32(21-26-14-10-9-11-24(26)3)29(34)22-33(38(4,36)37)27-17-15-23(2)16-18-27/h6-18,28H,5,19-22H2,1-4H3,(H,31,35)/t28-/m1/s1.